The van der Waals surface area contributed by atoms with Gasteiger partial charge in [0.25, 0.3) is 0 Å². The number of carbonyl (C=O) groups excluding carboxylic acids is 2. The summed E-state index contributed by atoms with van der Waals surface area (Å²) in [7, 11) is 1.82. The van der Waals surface area contributed by atoms with Crippen molar-refractivity contribution in [2.45, 2.75) is 25.7 Å². The molecule has 140 valence electrons. The first kappa shape index (κ1) is 19.8. The second kappa shape index (κ2) is 9.28. The number of nitrogens with zero attached hydrogens (tertiary/aromatic N) is 2. The van der Waals surface area contributed by atoms with Gasteiger partial charge in [-0.25, -0.2) is 0 Å². The van der Waals surface area contributed by atoms with Crippen molar-refractivity contribution in [3.63, 3.8) is 0 Å². The fourth-order valence-electron chi connectivity index (χ4n) is 2.32. The van der Waals surface area contributed by atoms with E-state index < -0.39 is 0 Å². The number of rotatable bonds is 8. The lowest BCUT2D eigenvalue weighted by atomic mass is 10.3. The standard InChI is InChI=1S/C18H24N4O3S/c1-5-25-14-6-8-15(9-7-14)26-11-17(24)19-10-16(23)20-18-12(2)21-22(4)13(18)3/h6-9H,5,10-11H2,1-4H3,(H,19,24)(H,20,23). The van der Waals surface area contributed by atoms with Crippen molar-refractivity contribution in [1.29, 1.82) is 0 Å². The second-order valence-corrected chi connectivity index (χ2v) is 6.74. The molecule has 0 spiro atoms. The maximum atomic E-state index is 12.0. The van der Waals surface area contributed by atoms with Crippen LogP contribution in [0.25, 0.3) is 0 Å². The number of ether oxygens (including phenoxy) is 1. The third-order valence-electron chi connectivity index (χ3n) is 3.72. The van der Waals surface area contributed by atoms with Crippen LogP contribution in [0.1, 0.15) is 18.3 Å². The lowest BCUT2D eigenvalue weighted by molar-refractivity contribution is -0.122. The molecule has 2 amide bonds. The van der Waals surface area contributed by atoms with Crippen molar-refractivity contribution in [3.05, 3.63) is 35.7 Å². The summed E-state index contributed by atoms with van der Waals surface area (Å²) >= 11 is 1.41. The molecule has 0 saturated heterocycles. The van der Waals surface area contributed by atoms with Gasteiger partial charge in [-0.15, -0.1) is 11.8 Å². The van der Waals surface area contributed by atoms with Gasteiger partial charge in [-0.2, -0.15) is 5.10 Å². The molecule has 8 heteroatoms. The summed E-state index contributed by atoms with van der Waals surface area (Å²) in [5.74, 6) is 0.577. The van der Waals surface area contributed by atoms with Gasteiger partial charge in [-0.3, -0.25) is 14.3 Å². The number of hydrogen-bond donors (Lipinski definition) is 2. The van der Waals surface area contributed by atoms with Crippen LogP contribution in [0.15, 0.2) is 29.2 Å². The highest BCUT2D eigenvalue weighted by atomic mass is 32.2. The summed E-state index contributed by atoms with van der Waals surface area (Å²) in [5, 5.41) is 9.66. The number of thioether (sulfide) groups is 1. The zero-order valence-corrected chi connectivity index (χ0v) is 16.3. The van der Waals surface area contributed by atoms with Gasteiger partial charge in [0.2, 0.25) is 11.8 Å². The lowest BCUT2D eigenvalue weighted by Gasteiger charge is -2.08. The molecule has 0 aliphatic rings. The van der Waals surface area contributed by atoms with Gasteiger partial charge in [0.1, 0.15) is 5.75 Å². The maximum absolute atomic E-state index is 12.0. The Labute approximate surface area is 157 Å². The maximum Gasteiger partial charge on any atom is 0.243 e. The summed E-state index contributed by atoms with van der Waals surface area (Å²) in [4.78, 5) is 24.9. The molecule has 7 nitrogen and oxygen atoms in total. The predicted molar refractivity (Wildman–Crippen MR) is 103 cm³/mol. The molecule has 26 heavy (non-hydrogen) atoms. The van der Waals surface area contributed by atoms with Gasteiger partial charge in [-0.05, 0) is 45.0 Å². The molecule has 0 atom stereocenters. The summed E-state index contributed by atoms with van der Waals surface area (Å²) in [5.41, 5.74) is 2.31. The number of amides is 2. The highest BCUT2D eigenvalue weighted by Gasteiger charge is 2.13. The Morgan fingerprint density at radius 2 is 1.88 bits per heavy atom. The first-order valence-corrected chi connectivity index (χ1v) is 9.31. The van der Waals surface area contributed by atoms with E-state index in [4.69, 9.17) is 4.74 Å². The van der Waals surface area contributed by atoms with E-state index in [0.29, 0.717) is 12.3 Å². The average Bonchev–Trinajstić information content (AvgIpc) is 2.86. The molecule has 2 aromatic rings. The fraction of sp³-hybridized carbons (Fsp3) is 0.389. The molecular weight excluding hydrogens is 352 g/mol. The number of hydrogen-bond acceptors (Lipinski definition) is 5. The Bertz CT molecular complexity index is 771. The summed E-state index contributed by atoms with van der Waals surface area (Å²) in [6.07, 6.45) is 0. The number of aromatic nitrogens is 2. The van der Waals surface area contributed by atoms with Gasteiger partial charge >= 0.3 is 0 Å². The number of benzene rings is 1. The fourth-order valence-corrected chi connectivity index (χ4v) is 3.04. The van der Waals surface area contributed by atoms with Gasteiger partial charge in [0, 0.05) is 11.9 Å². The molecule has 0 saturated carbocycles. The first-order chi connectivity index (χ1) is 12.4. The van der Waals surface area contributed by atoms with Crippen LogP contribution in [0, 0.1) is 13.8 Å². The highest BCUT2D eigenvalue weighted by Crippen LogP contribution is 2.21. The molecule has 0 fully saturated rings. The smallest absolute Gasteiger partial charge is 0.243 e. The average molecular weight is 376 g/mol. The van der Waals surface area contributed by atoms with Crippen molar-refractivity contribution in [1.82, 2.24) is 15.1 Å². The van der Waals surface area contributed by atoms with Crippen molar-refractivity contribution in [2.24, 2.45) is 7.05 Å². The summed E-state index contributed by atoms with van der Waals surface area (Å²) in [6, 6.07) is 7.55. The molecule has 0 radical (unpaired) electrons. The van der Waals surface area contributed by atoms with Crippen LogP contribution in [0.2, 0.25) is 0 Å². The van der Waals surface area contributed by atoms with Crippen LogP contribution in [0.5, 0.6) is 5.75 Å². The van der Waals surface area contributed by atoms with Crippen LogP contribution >= 0.6 is 11.8 Å². The zero-order chi connectivity index (χ0) is 19.1. The predicted octanol–water partition coefficient (Wildman–Crippen LogP) is 2.28. The molecule has 0 aliphatic heterocycles. The van der Waals surface area contributed by atoms with Crippen LogP contribution in [-0.2, 0) is 16.6 Å². The van der Waals surface area contributed by atoms with Crippen LogP contribution in [-0.4, -0.2) is 40.5 Å². The molecule has 2 N–H and O–H groups in total. The minimum Gasteiger partial charge on any atom is -0.494 e. The van der Waals surface area contributed by atoms with Gasteiger partial charge in [0.15, 0.2) is 0 Å². The van der Waals surface area contributed by atoms with Crippen molar-refractivity contribution < 1.29 is 14.3 Å². The van der Waals surface area contributed by atoms with E-state index in [-0.39, 0.29) is 24.1 Å². The van der Waals surface area contributed by atoms with E-state index in [2.05, 4.69) is 15.7 Å². The molecule has 1 aromatic carbocycles. The Hall–Kier alpha value is -2.48. The van der Waals surface area contributed by atoms with E-state index >= 15 is 0 Å². The molecular formula is C18H24N4O3S. The quantitative estimate of drug-likeness (QED) is 0.691. The van der Waals surface area contributed by atoms with Crippen molar-refractivity contribution in [2.75, 3.05) is 24.2 Å². The van der Waals surface area contributed by atoms with Crippen molar-refractivity contribution in [3.8, 4) is 5.75 Å². The minimum absolute atomic E-state index is 0.0730. The zero-order valence-electron chi connectivity index (χ0n) is 15.5. The van der Waals surface area contributed by atoms with Crippen LogP contribution < -0.4 is 15.4 Å². The number of nitrogens with one attached hydrogen (secondary N) is 2. The third-order valence-corrected chi connectivity index (χ3v) is 4.74. The number of anilines is 1. The Balaban J connectivity index is 1.75. The largest absolute Gasteiger partial charge is 0.494 e. The van der Waals surface area contributed by atoms with Gasteiger partial charge in [0.05, 0.1) is 36.0 Å². The van der Waals surface area contributed by atoms with E-state index in [0.717, 1.165) is 22.0 Å². The normalized spacial score (nSPS) is 10.5. The molecule has 0 unspecified atom stereocenters. The van der Waals surface area contributed by atoms with E-state index in [1.54, 1.807) is 4.68 Å². The topological polar surface area (TPSA) is 85.2 Å². The summed E-state index contributed by atoms with van der Waals surface area (Å²) < 4.78 is 7.08. The molecule has 1 aromatic heterocycles. The number of aryl methyl sites for hydroxylation is 2. The van der Waals surface area contributed by atoms with Gasteiger partial charge in [-0.1, -0.05) is 0 Å². The van der Waals surface area contributed by atoms with Gasteiger partial charge < -0.3 is 15.4 Å². The Morgan fingerprint density at radius 1 is 1.19 bits per heavy atom. The highest BCUT2D eigenvalue weighted by molar-refractivity contribution is 8.00. The van der Waals surface area contributed by atoms with E-state index in [1.807, 2.05) is 52.1 Å². The number of carbonyl (C=O) groups is 2. The first-order valence-electron chi connectivity index (χ1n) is 8.33. The van der Waals surface area contributed by atoms with Crippen molar-refractivity contribution >= 4 is 29.3 Å². The second-order valence-electron chi connectivity index (χ2n) is 5.69. The van der Waals surface area contributed by atoms with Crippen LogP contribution in [0.4, 0.5) is 5.69 Å². The lowest BCUT2D eigenvalue weighted by Crippen LogP contribution is -2.34. The third kappa shape index (κ3) is 5.52. The molecule has 1 heterocycles. The molecule has 0 aliphatic carbocycles. The minimum atomic E-state index is -0.274. The Kier molecular flexibility index (Phi) is 7.08. The summed E-state index contributed by atoms with van der Waals surface area (Å²) in [6.45, 7) is 6.18. The monoisotopic (exact) mass is 376 g/mol. The van der Waals surface area contributed by atoms with E-state index in [9.17, 15) is 9.59 Å². The SMILES string of the molecule is CCOc1ccc(SCC(=O)NCC(=O)Nc2c(C)nn(C)c2C)cc1. The molecule has 2 rings (SSSR count). The molecule has 0 bridgehead atoms. The van der Waals surface area contributed by atoms with E-state index in [1.165, 1.54) is 11.8 Å². The Morgan fingerprint density at radius 3 is 2.46 bits per heavy atom. The van der Waals surface area contributed by atoms with Crippen LogP contribution in [0.3, 0.4) is 0 Å².